The second-order valence-electron chi connectivity index (χ2n) is 5.28. The lowest BCUT2D eigenvalue weighted by molar-refractivity contribution is 0.0673. The SMILES string of the molecule is CCN(Cc1cn(CC)nc1C)C(=O)c1nn(C)cc1C(=O)O. The van der Waals surface area contributed by atoms with E-state index >= 15 is 0 Å². The lowest BCUT2D eigenvalue weighted by Crippen LogP contribution is -2.32. The van der Waals surface area contributed by atoms with E-state index in [-0.39, 0.29) is 11.3 Å². The van der Waals surface area contributed by atoms with Gasteiger partial charge in [-0.15, -0.1) is 0 Å². The standard InChI is InChI=1S/C15H21N5O3/c1-5-19(7-11-8-20(6-2)16-10(11)3)14(21)13-12(15(22)23)9-18(4)17-13/h8-9H,5-7H2,1-4H3,(H,22,23). The van der Waals surface area contributed by atoms with Crippen LogP contribution in [0.1, 0.15) is 46.0 Å². The summed E-state index contributed by atoms with van der Waals surface area (Å²) in [4.78, 5) is 25.5. The van der Waals surface area contributed by atoms with E-state index < -0.39 is 11.9 Å². The lowest BCUT2D eigenvalue weighted by Gasteiger charge is -2.19. The molecule has 0 bridgehead atoms. The van der Waals surface area contributed by atoms with Gasteiger partial charge in [0.05, 0.1) is 5.69 Å². The van der Waals surface area contributed by atoms with E-state index in [1.807, 2.05) is 31.6 Å². The van der Waals surface area contributed by atoms with Gasteiger partial charge in [0.15, 0.2) is 5.69 Å². The molecule has 2 aromatic heterocycles. The molecule has 0 aromatic carbocycles. The molecule has 2 heterocycles. The Bertz CT molecular complexity index is 732. The molecule has 124 valence electrons. The van der Waals surface area contributed by atoms with Crippen molar-refractivity contribution < 1.29 is 14.7 Å². The molecule has 0 aliphatic rings. The molecule has 0 fully saturated rings. The van der Waals surface area contributed by atoms with Crippen LogP contribution in [0.4, 0.5) is 0 Å². The molecule has 0 aliphatic heterocycles. The fraction of sp³-hybridized carbons (Fsp3) is 0.467. The van der Waals surface area contributed by atoms with E-state index in [4.69, 9.17) is 0 Å². The molecule has 1 N–H and O–H groups in total. The number of aromatic nitrogens is 4. The molecule has 8 nitrogen and oxygen atoms in total. The third kappa shape index (κ3) is 3.41. The molecule has 0 saturated carbocycles. The Morgan fingerprint density at radius 2 is 1.96 bits per heavy atom. The minimum absolute atomic E-state index is 0.0395. The number of aryl methyl sites for hydroxylation is 3. The highest BCUT2D eigenvalue weighted by atomic mass is 16.4. The van der Waals surface area contributed by atoms with Crippen molar-refractivity contribution in [2.24, 2.45) is 7.05 Å². The summed E-state index contributed by atoms with van der Waals surface area (Å²) < 4.78 is 3.15. The van der Waals surface area contributed by atoms with Crippen LogP contribution in [-0.4, -0.2) is 48.0 Å². The molecule has 0 aliphatic carbocycles. The number of nitrogens with zero attached hydrogens (tertiary/aromatic N) is 5. The molecule has 2 aromatic rings. The summed E-state index contributed by atoms with van der Waals surface area (Å²) in [6.45, 7) is 7.31. The van der Waals surface area contributed by atoms with Crippen molar-refractivity contribution in [1.29, 1.82) is 0 Å². The van der Waals surface area contributed by atoms with Crippen molar-refractivity contribution in [2.45, 2.75) is 33.9 Å². The fourth-order valence-corrected chi connectivity index (χ4v) is 2.36. The van der Waals surface area contributed by atoms with Crippen LogP contribution in [-0.2, 0) is 20.1 Å². The first-order chi connectivity index (χ1) is 10.9. The van der Waals surface area contributed by atoms with Gasteiger partial charge in [-0.2, -0.15) is 10.2 Å². The highest BCUT2D eigenvalue weighted by Gasteiger charge is 2.25. The molecule has 8 heteroatoms. The van der Waals surface area contributed by atoms with Crippen LogP contribution in [0.5, 0.6) is 0 Å². The Hall–Kier alpha value is -2.64. The van der Waals surface area contributed by atoms with E-state index in [1.54, 1.807) is 11.9 Å². The quantitative estimate of drug-likeness (QED) is 0.866. The highest BCUT2D eigenvalue weighted by molar-refractivity contribution is 6.03. The van der Waals surface area contributed by atoms with Crippen molar-refractivity contribution in [1.82, 2.24) is 24.5 Å². The molecule has 0 atom stereocenters. The van der Waals surface area contributed by atoms with Crippen molar-refractivity contribution in [2.75, 3.05) is 6.54 Å². The number of hydrogen-bond acceptors (Lipinski definition) is 4. The number of carboxylic acids is 1. The first-order valence-corrected chi connectivity index (χ1v) is 7.46. The van der Waals surface area contributed by atoms with Gasteiger partial charge in [-0.05, 0) is 20.8 Å². The third-order valence-electron chi connectivity index (χ3n) is 3.66. The molecular weight excluding hydrogens is 298 g/mol. The first-order valence-electron chi connectivity index (χ1n) is 7.46. The average molecular weight is 319 g/mol. The number of hydrogen-bond donors (Lipinski definition) is 1. The second kappa shape index (κ2) is 6.64. The van der Waals surface area contributed by atoms with Gasteiger partial charge in [0.25, 0.3) is 5.91 Å². The Balaban J connectivity index is 2.28. The Morgan fingerprint density at radius 3 is 2.48 bits per heavy atom. The van der Waals surface area contributed by atoms with E-state index in [1.165, 1.54) is 10.9 Å². The number of rotatable bonds is 6. The van der Waals surface area contributed by atoms with Gasteiger partial charge in [-0.3, -0.25) is 14.2 Å². The maximum Gasteiger partial charge on any atom is 0.339 e. The molecule has 2 rings (SSSR count). The monoisotopic (exact) mass is 319 g/mol. The Morgan fingerprint density at radius 1 is 1.26 bits per heavy atom. The minimum Gasteiger partial charge on any atom is -0.478 e. The molecular formula is C15H21N5O3. The minimum atomic E-state index is -1.16. The van der Waals surface area contributed by atoms with Crippen LogP contribution in [0.25, 0.3) is 0 Å². The number of carboxylic acid groups (broad SMARTS) is 1. The molecule has 0 radical (unpaired) electrons. The first kappa shape index (κ1) is 16.7. The van der Waals surface area contributed by atoms with E-state index in [9.17, 15) is 14.7 Å². The Labute approximate surface area is 134 Å². The van der Waals surface area contributed by atoms with Gasteiger partial charge < -0.3 is 10.0 Å². The molecule has 0 unspecified atom stereocenters. The van der Waals surface area contributed by atoms with Crippen LogP contribution in [0.3, 0.4) is 0 Å². The summed E-state index contributed by atoms with van der Waals surface area (Å²) in [6, 6.07) is 0. The van der Waals surface area contributed by atoms with Crippen LogP contribution in [0.15, 0.2) is 12.4 Å². The lowest BCUT2D eigenvalue weighted by atomic mass is 10.2. The number of amides is 1. The zero-order chi connectivity index (χ0) is 17.1. The summed E-state index contributed by atoms with van der Waals surface area (Å²) in [5, 5.41) is 17.6. The van der Waals surface area contributed by atoms with Crippen molar-refractivity contribution in [3.63, 3.8) is 0 Å². The van der Waals surface area contributed by atoms with Gasteiger partial charge in [0.1, 0.15) is 5.56 Å². The maximum atomic E-state index is 12.7. The van der Waals surface area contributed by atoms with Gasteiger partial charge in [-0.25, -0.2) is 4.79 Å². The summed E-state index contributed by atoms with van der Waals surface area (Å²) in [6.07, 6.45) is 3.24. The highest BCUT2D eigenvalue weighted by Crippen LogP contribution is 2.14. The van der Waals surface area contributed by atoms with Gasteiger partial charge in [0.2, 0.25) is 0 Å². The summed E-state index contributed by atoms with van der Waals surface area (Å²) in [5.74, 6) is -1.55. The Kier molecular flexibility index (Phi) is 4.83. The van der Waals surface area contributed by atoms with E-state index in [2.05, 4.69) is 10.2 Å². The zero-order valence-corrected chi connectivity index (χ0v) is 13.8. The molecule has 0 spiro atoms. The van der Waals surface area contributed by atoms with Crippen molar-refractivity contribution >= 4 is 11.9 Å². The molecule has 1 amide bonds. The summed E-state index contributed by atoms with van der Waals surface area (Å²) in [7, 11) is 1.59. The number of carbonyl (C=O) groups excluding carboxylic acids is 1. The van der Waals surface area contributed by atoms with E-state index in [0.717, 1.165) is 17.8 Å². The van der Waals surface area contributed by atoms with Crippen molar-refractivity contribution in [3.8, 4) is 0 Å². The normalized spacial score (nSPS) is 10.8. The zero-order valence-electron chi connectivity index (χ0n) is 13.8. The maximum absolute atomic E-state index is 12.7. The smallest absolute Gasteiger partial charge is 0.339 e. The van der Waals surface area contributed by atoms with Crippen LogP contribution >= 0.6 is 0 Å². The summed E-state index contributed by atoms with van der Waals surface area (Å²) in [5.41, 5.74) is 1.67. The van der Waals surface area contributed by atoms with E-state index in [0.29, 0.717) is 13.1 Å². The van der Waals surface area contributed by atoms with Gasteiger partial charge in [-0.1, -0.05) is 0 Å². The third-order valence-corrected chi connectivity index (χ3v) is 3.66. The number of aromatic carboxylic acids is 1. The molecule has 0 saturated heterocycles. The van der Waals surface area contributed by atoms with Gasteiger partial charge >= 0.3 is 5.97 Å². The number of carbonyl (C=O) groups is 2. The van der Waals surface area contributed by atoms with Crippen LogP contribution in [0, 0.1) is 6.92 Å². The largest absolute Gasteiger partial charge is 0.478 e. The van der Waals surface area contributed by atoms with Crippen LogP contribution < -0.4 is 0 Å². The second-order valence-corrected chi connectivity index (χ2v) is 5.28. The summed E-state index contributed by atoms with van der Waals surface area (Å²) >= 11 is 0. The predicted octanol–water partition coefficient (Wildman–Crippen LogP) is 1.31. The predicted molar refractivity (Wildman–Crippen MR) is 83.2 cm³/mol. The topological polar surface area (TPSA) is 93.3 Å². The van der Waals surface area contributed by atoms with Crippen molar-refractivity contribution in [3.05, 3.63) is 34.9 Å². The molecule has 23 heavy (non-hydrogen) atoms. The van der Waals surface area contributed by atoms with Crippen LogP contribution in [0.2, 0.25) is 0 Å². The average Bonchev–Trinajstić information content (AvgIpc) is 3.07. The fourth-order valence-electron chi connectivity index (χ4n) is 2.36. The van der Waals surface area contributed by atoms with Gasteiger partial charge in [0, 0.05) is 44.6 Å².